The van der Waals surface area contributed by atoms with Gasteiger partial charge in [-0.3, -0.25) is 9.69 Å². The zero-order valence-electron chi connectivity index (χ0n) is 18.3. The Morgan fingerprint density at radius 1 is 1.21 bits per heavy atom. The van der Waals surface area contributed by atoms with E-state index in [1.54, 1.807) is 18.9 Å². The fraction of sp³-hybridized carbons (Fsp3) is 0.500. The van der Waals surface area contributed by atoms with Gasteiger partial charge in [-0.25, -0.2) is 4.79 Å². The number of amides is 1. The molecule has 0 bridgehead atoms. The quantitative estimate of drug-likeness (QED) is 0.244. The van der Waals surface area contributed by atoms with Crippen molar-refractivity contribution in [3.05, 3.63) is 41.1 Å². The number of nitrogens with zero attached hydrogens (tertiary/aromatic N) is 1. The molecule has 2 saturated heterocycles. The van der Waals surface area contributed by atoms with Crippen molar-refractivity contribution >= 4 is 83.2 Å². The third kappa shape index (κ3) is 7.67. The molecule has 2 fully saturated rings. The summed E-state index contributed by atoms with van der Waals surface area (Å²) >= 11 is 26.5. The van der Waals surface area contributed by atoms with Crippen LogP contribution in [0.1, 0.15) is 25.3 Å². The number of nitrogens with two attached hydrogens (primary N) is 1. The van der Waals surface area contributed by atoms with Crippen LogP contribution in [0.15, 0.2) is 35.5 Å². The standard InChI is InChI=1S/C20H24N2O5S.Cl5P/c1-11-3-8-15(27-11)14-10-28-19-16(21)18(23)22(19)17(14)20(24)26-9-12-4-6-13(25-2)7-5-12;1-6(2,3,4)5/h4-7,11,15-16,19H,3,8-10,21H2,1-2H3;/t11?,15?,16-,19-;/m1./s1. The summed E-state index contributed by atoms with van der Waals surface area (Å²) in [6, 6.07) is 6.74. The Labute approximate surface area is 226 Å². The summed E-state index contributed by atoms with van der Waals surface area (Å²) in [5, 5.41) is -0.210. The molecule has 190 valence electrons. The molecule has 0 saturated carbocycles. The van der Waals surface area contributed by atoms with Crippen molar-refractivity contribution in [3.8, 4) is 5.75 Å². The number of rotatable bonds is 5. The summed E-state index contributed by atoms with van der Waals surface area (Å²) in [6.45, 7) is 2.14. The molecule has 1 aromatic carbocycles. The monoisotopic (exact) mass is 610 g/mol. The van der Waals surface area contributed by atoms with Crippen LogP contribution >= 0.6 is 71.3 Å². The summed E-state index contributed by atoms with van der Waals surface area (Å²) in [5.74, 6) is 0.614. The average Bonchev–Trinajstić information content (AvgIpc) is 3.20. The van der Waals surface area contributed by atoms with Crippen LogP contribution in [-0.2, 0) is 25.7 Å². The first kappa shape index (κ1) is 28.4. The molecular formula is C20H24Cl5N2O5PS. The van der Waals surface area contributed by atoms with E-state index >= 15 is 0 Å². The Morgan fingerprint density at radius 3 is 2.35 bits per heavy atom. The van der Waals surface area contributed by atoms with Gasteiger partial charge in [0, 0.05) is 5.75 Å². The molecule has 2 N–H and O–H groups in total. The van der Waals surface area contributed by atoms with Gasteiger partial charge in [0.15, 0.2) is 0 Å². The number of hydrogen-bond acceptors (Lipinski definition) is 7. The second kappa shape index (κ2) is 11.1. The predicted octanol–water partition coefficient (Wildman–Crippen LogP) is 6.11. The van der Waals surface area contributed by atoms with Gasteiger partial charge in [-0.2, -0.15) is 0 Å². The van der Waals surface area contributed by atoms with Gasteiger partial charge in [0.1, 0.15) is 29.5 Å². The van der Waals surface area contributed by atoms with Crippen molar-refractivity contribution in [1.82, 2.24) is 4.90 Å². The number of thioether (sulfide) groups is 1. The molecule has 2 unspecified atom stereocenters. The molecule has 1 aromatic rings. The Hall–Kier alpha value is -0.150. The Bertz CT molecular complexity index is 955. The molecule has 0 aliphatic carbocycles. The first-order valence-corrected chi connectivity index (χ1v) is 18.0. The molecule has 0 radical (unpaired) electrons. The van der Waals surface area contributed by atoms with E-state index in [0.29, 0.717) is 11.4 Å². The Balaban J connectivity index is 0.000000481. The number of carbonyl (C=O) groups is 2. The van der Waals surface area contributed by atoms with Gasteiger partial charge in [-0.05, 0) is 43.0 Å². The van der Waals surface area contributed by atoms with E-state index in [-0.39, 0.29) is 30.1 Å². The number of fused-ring (bicyclic) bond motifs is 1. The van der Waals surface area contributed by atoms with Gasteiger partial charge in [0.25, 0.3) is 0 Å². The van der Waals surface area contributed by atoms with Crippen molar-refractivity contribution in [1.29, 1.82) is 0 Å². The second-order valence-corrected chi connectivity index (χ2v) is 25.6. The Morgan fingerprint density at radius 2 is 1.82 bits per heavy atom. The van der Waals surface area contributed by atoms with Gasteiger partial charge in [0.05, 0.1) is 19.3 Å². The molecule has 4 atom stereocenters. The van der Waals surface area contributed by atoms with Crippen LogP contribution < -0.4 is 10.5 Å². The van der Waals surface area contributed by atoms with Crippen LogP contribution in [0.25, 0.3) is 0 Å². The van der Waals surface area contributed by atoms with Crippen LogP contribution in [0.2, 0.25) is 0 Å². The molecule has 3 aliphatic rings. The summed E-state index contributed by atoms with van der Waals surface area (Å²) < 4.78 is 13.0. The fourth-order valence-electron chi connectivity index (χ4n) is 3.77. The van der Waals surface area contributed by atoms with Crippen molar-refractivity contribution in [3.63, 3.8) is 0 Å². The number of halogens is 5. The first-order chi connectivity index (χ1) is 15.7. The van der Waals surface area contributed by atoms with Crippen molar-refractivity contribution in [2.24, 2.45) is 5.73 Å². The van der Waals surface area contributed by atoms with Crippen molar-refractivity contribution in [2.75, 3.05) is 12.9 Å². The minimum atomic E-state index is -3.69. The van der Waals surface area contributed by atoms with Crippen molar-refractivity contribution in [2.45, 2.75) is 50.0 Å². The molecule has 0 aromatic heterocycles. The first-order valence-electron chi connectivity index (χ1n) is 10.2. The summed E-state index contributed by atoms with van der Waals surface area (Å²) in [7, 11) is 1.60. The van der Waals surface area contributed by atoms with E-state index in [0.717, 1.165) is 29.7 Å². The van der Waals surface area contributed by atoms with Gasteiger partial charge >= 0.3 is 65.5 Å². The van der Waals surface area contributed by atoms with E-state index < -0.39 is 15.4 Å². The number of carbonyl (C=O) groups excluding carboxylic acids is 2. The van der Waals surface area contributed by atoms with Gasteiger partial charge in [-0.1, -0.05) is 12.1 Å². The SMILES string of the molecule is COc1ccc(COC(=O)C2=C(C3CCC(C)O3)CS[C@@H]3[C@H](N)C(=O)N23)cc1.ClP(Cl)(Cl)(Cl)Cl. The molecule has 7 nitrogen and oxygen atoms in total. The van der Waals surface area contributed by atoms with E-state index in [1.807, 2.05) is 31.2 Å². The maximum absolute atomic E-state index is 13.0. The number of benzene rings is 1. The normalized spacial score (nSPS) is 27.6. The van der Waals surface area contributed by atoms with Crippen molar-refractivity contribution < 1.29 is 23.8 Å². The number of β-lactam (4-membered cyclic amide) rings is 1. The number of ether oxygens (including phenoxy) is 3. The summed E-state index contributed by atoms with van der Waals surface area (Å²) in [4.78, 5) is 26.8. The zero-order valence-corrected chi connectivity index (χ0v) is 23.7. The average molecular weight is 613 g/mol. The molecule has 3 heterocycles. The topological polar surface area (TPSA) is 91.1 Å². The van der Waals surface area contributed by atoms with Gasteiger partial charge < -0.3 is 19.9 Å². The molecule has 4 rings (SSSR count). The maximum atomic E-state index is 13.0. The molecule has 34 heavy (non-hydrogen) atoms. The van der Waals surface area contributed by atoms with E-state index in [4.69, 9.17) is 76.1 Å². The summed E-state index contributed by atoms with van der Waals surface area (Å²) in [5.41, 5.74) is 7.93. The number of hydrogen-bond donors (Lipinski definition) is 1. The zero-order chi connectivity index (χ0) is 25.3. The third-order valence-corrected chi connectivity index (χ3v) is 6.71. The molecule has 1 amide bonds. The van der Waals surface area contributed by atoms with E-state index in [1.165, 1.54) is 4.90 Å². The molecule has 14 heteroatoms. The van der Waals surface area contributed by atoms with Crippen LogP contribution in [-0.4, -0.2) is 53.3 Å². The van der Waals surface area contributed by atoms with Gasteiger partial charge in [0.2, 0.25) is 5.91 Å². The second-order valence-electron chi connectivity index (χ2n) is 7.89. The Kier molecular flexibility index (Phi) is 9.26. The fourth-order valence-corrected chi connectivity index (χ4v) is 5.13. The minimum absolute atomic E-state index is 0.118. The van der Waals surface area contributed by atoms with Crippen LogP contribution in [0, 0.1) is 0 Å². The predicted molar refractivity (Wildman–Crippen MR) is 141 cm³/mol. The van der Waals surface area contributed by atoms with E-state index in [9.17, 15) is 9.59 Å². The van der Waals surface area contributed by atoms with Crippen LogP contribution in [0.5, 0.6) is 5.75 Å². The van der Waals surface area contributed by atoms with Crippen LogP contribution in [0.4, 0.5) is 0 Å². The molecule has 0 spiro atoms. The summed E-state index contributed by atoms with van der Waals surface area (Å²) in [6.07, 6.45) is 1.76. The third-order valence-electron chi connectivity index (χ3n) is 5.38. The van der Waals surface area contributed by atoms with Gasteiger partial charge in [-0.15, -0.1) is 11.8 Å². The van der Waals surface area contributed by atoms with Crippen LogP contribution in [0.3, 0.4) is 0 Å². The molecular weight excluding hydrogens is 589 g/mol. The molecule has 3 aliphatic heterocycles. The van der Waals surface area contributed by atoms with E-state index in [2.05, 4.69) is 0 Å². The number of methoxy groups -OCH3 is 1. The number of esters is 1.